The Morgan fingerprint density at radius 3 is 2.44 bits per heavy atom. The van der Waals surface area contributed by atoms with E-state index in [1.165, 1.54) is 0 Å². The number of carbonyl (C=O) groups is 1. The summed E-state index contributed by atoms with van der Waals surface area (Å²) in [6, 6.07) is 2.07. The molecule has 2 heterocycles. The lowest BCUT2D eigenvalue weighted by molar-refractivity contribution is -0.116. The Morgan fingerprint density at radius 1 is 1.19 bits per heavy atom. The molecule has 90 valence electrons. The number of rotatable bonds is 0. The zero-order valence-electron chi connectivity index (χ0n) is 10.9. The molecular weight excluding hydrogens is 200 g/mol. The van der Waals surface area contributed by atoms with Crippen LogP contribution in [-0.2, 0) is 11.2 Å². The van der Waals surface area contributed by atoms with E-state index >= 15 is 0 Å². The molecule has 0 atom stereocenters. The highest BCUT2D eigenvalue weighted by Crippen LogP contribution is 2.19. The summed E-state index contributed by atoms with van der Waals surface area (Å²) in [5, 5.41) is 2.74. The van der Waals surface area contributed by atoms with Gasteiger partial charge in [-0.15, -0.1) is 0 Å². The molecule has 1 aromatic heterocycles. The van der Waals surface area contributed by atoms with E-state index in [9.17, 15) is 4.79 Å². The summed E-state index contributed by atoms with van der Waals surface area (Å²) in [6.07, 6.45) is 3.17. The van der Waals surface area contributed by atoms with E-state index in [2.05, 4.69) is 16.4 Å². The molecule has 0 radical (unpaired) electrons. The highest BCUT2D eigenvalue weighted by molar-refractivity contribution is 5.92. The van der Waals surface area contributed by atoms with Crippen molar-refractivity contribution in [3.63, 3.8) is 0 Å². The Morgan fingerprint density at radius 2 is 1.81 bits per heavy atom. The van der Waals surface area contributed by atoms with E-state index in [0.717, 1.165) is 23.4 Å². The first-order valence-electron chi connectivity index (χ1n) is 6.01. The van der Waals surface area contributed by atoms with Crippen molar-refractivity contribution in [2.24, 2.45) is 0 Å². The van der Waals surface area contributed by atoms with Crippen LogP contribution in [0.15, 0.2) is 12.3 Å². The smallest absolute Gasteiger partial charge is 0.225 e. The zero-order chi connectivity index (χ0) is 12.6. The lowest BCUT2D eigenvalue weighted by atomic mass is 10.1. The second-order valence-electron chi connectivity index (χ2n) is 3.07. The third-order valence-electron chi connectivity index (χ3n) is 1.98. The van der Waals surface area contributed by atoms with Crippen LogP contribution in [0, 0.1) is 6.92 Å². The third kappa shape index (κ3) is 4.01. The topological polar surface area (TPSA) is 42.0 Å². The van der Waals surface area contributed by atoms with Gasteiger partial charge in [0.25, 0.3) is 0 Å². The van der Waals surface area contributed by atoms with Gasteiger partial charge in [-0.25, -0.2) is 4.98 Å². The number of fused-ring (bicyclic) bond motifs is 1. The van der Waals surface area contributed by atoms with E-state index in [1.807, 2.05) is 34.6 Å². The largest absolute Gasteiger partial charge is 0.310 e. The molecular formula is C13H22N2O. The van der Waals surface area contributed by atoms with Gasteiger partial charge in [-0.2, -0.15) is 0 Å². The van der Waals surface area contributed by atoms with Crippen molar-refractivity contribution in [2.45, 2.75) is 47.5 Å². The van der Waals surface area contributed by atoms with E-state index in [4.69, 9.17) is 0 Å². The molecule has 0 saturated carbocycles. The Labute approximate surface area is 98.3 Å². The average Bonchev–Trinajstić information content (AvgIpc) is 2.35. The van der Waals surface area contributed by atoms with Gasteiger partial charge in [0.15, 0.2) is 0 Å². The third-order valence-corrected chi connectivity index (χ3v) is 1.98. The summed E-state index contributed by atoms with van der Waals surface area (Å²) >= 11 is 0. The molecule has 0 spiro atoms. The zero-order valence-corrected chi connectivity index (χ0v) is 10.9. The molecule has 2 rings (SSSR count). The van der Waals surface area contributed by atoms with Crippen molar-refractivity contribution in [3.05, 3.63) is 23.4 Å². The van der Waals surface area contributed by atoms with Crippen LogP contribution in [0.25, 0.3) is 0 Å². The number of hydrogen-bond acceptors (Lipinski definition) is 2. The number of nitrogens with one attached hydrogen (secondary N) is 1. The average molecular weight is 222 g/mol. The summed E-state index contributed by atoms with van der Waals surface area (Å²) < 4.78 is 0. The van der Waals surface area contributed by atoms with Gasteiger partial charge in [-0.3, -0.25) is 4.79 Å². The van der Waals surface area contributed by atoms with Crippen molar-refractivity contribution in [2.75, 3.05) is 5.32 Å². The van der Waals surface area contributed by atoms with Crippen LogP contribution in [0.5, 0.6) is 0 Å². The minimum atomic E-state index is 0.0684. The predicted molar refractivity (Wildman–Crippen MR) is 68.6 cm³/mol. The minimum Gasteiger partial charge on any atom is -0.310 e. The monoisotopic (exact) mass is 222 g/mol. The predicted octanol–water partition coefficient (Wildman–Crippen LogP) is 3.33. The number of carbonyl (C=O) groups excluding carboxylic acids is 1. The first kappa shape index (κ1) is 14.6. The summed E-state index contributed by atoms with van der Waals surface area (Å²) in [4.78, 5) is 15.1. The first-order chi connectivity index (χ1) is 7.75. The van der Waals surface area contributed by atoms with Gasteiger partial charge in [0.2, 0.25) is 5.91 Å². The number of aromatic nitrogens is 1. The van der Waals surface area contributed by atoms with Gasteiger partial charge < -0.3 is 5.32 Å². The van der Waals surface area contributed by atoms with Gasteiger partial charge in [-0.05, 0) is 24.5 Å². The van der Waals surface area contributed by atoms with Crippen molar-refractivity contribution >= 4 is 11.7 Å². The lowest BCUT2D eigenvalue weighted by Crippen LogP contribution is -2.20. The van der Waals surface area contributed by atoms with E-state index < -0.39 is 0 Å². The van der Waals surface area contributed by atoms with Crippen LogP contribution in [0.3, 0.4) is 0 Å². The SMILES string of the molecule is CC.CC.Cc1cnc2c(c1)CCC(=O)N2. The standard InChI is InChI=1S/C9H10N2O.2C2H6/c1-6-4-7-2-3-8(12)11-9(7)10-5-6;2*1-2/h4-5H,2-3H2,1H3,(H,10,11,12);2*1-2H3. The molecule has 0 aromatic carbocycles. The number of aryl methyl sites for hydroxylation is 2. The maximum Gasteiger partial charge on any atom is 0.225 e. The highest BCUT2D eigenvalue weighted by atomic mass is 16.1. The molecule has 16 heavy (non-hydrogen) atoms. The van der Waals surface area contributed by atoms with Crippen LogP contribution < -0.4 is 5.32 Å². The van der Waals surface area contributed by atoms with Crippen LogP contribution in [0.4, 0.5) is 5.82 Å². The second-order valence-corrected chi connectivity index (χ2v) is 3.07. The fraction of sp³-hybridized carbons (Fsp3) is 0.538. The molecule has 1 amide bonds. The molecule has 3 heteroatoms. The summed E-state index contributed by atoms with van der Waals surface area (Å²) in [6.45, 7) is 10.0. The maximum atomic E-state index is 11.0. The number of amides is 1. The summed E-state index contributed by atoms with van der Waals surface area (Å²) in [5.74, 6) is 0.802. The lowest BCUT2D eigenvalue weighted by Gasteiger charge is -2.15. The van der Waals surface area contributed by atoms with E-state index in [1.54, 1.807) is 6.20 Å². The quantitative estimate of drug-likeness (QED) is 0.731. The summed E-state index contributed by atoms with van der Waals surface area (Å²) in [5.41, 5.74) is 2.29. The summed E-state index contributed by atoms with van der Waals surface area (Å²) in [7, 11) is 0. The van der Waals surface area contributed by atoms with Crippen LogP contribution >= 0.6 is 0 Å². The second kappa shape index (κ2) is 7.85. The van der Waals surface area contributed by atoms with Crippen molar-refractivity contribution in [3.8, 4) is 0 Å². The Hall–Kier alpha value is -1.38. The molecule has 1 N–H and O–H groups in total. The number of pyridine rings is 1. The van der Waals surface area contributed by atoms with E-state index in [0.29, 0.717) is 6.42 Å². The van der Waals surface area contributed by atoms with Crippen LogP contribution in [0.1, 0.15) is 45.2 Å². The number of nitrogens with zero attached hydrogens (tertiary/aromatic N) is 1. The Balaban J connectivity index is 0.000000509. The van der Waals surface area contributed by atoms with Gasteiger partial charge in [0, 0.05) is 12.6 Å². The maximum absolute atomic E-state index is 11.0. The van der Waals surface area contributed by atoms with Gasteiger partial charge in [-0.1, -0.05) is 33.8 Å². The fourth-order valence-electron chi connectivity index (χ4n) is 1.38. The highest BCUT2D eigenvalue weighted by Gasteiger charge is 2.14. The van der Waals surface area contributed by atoms with Crippen LogP contribution in [0.2, 0.25) is 0 Å². The first-order valence-corrected chi connectivity index (χ1v) is 6.01. The number of hydrogen-bond donors (Lipinski definition) is 1. The molecule has 0 fully saturated rings. The molecule has 0 unspecified atom stereocenters. The molecule has 1 aromatic rings. The van der Waals surface area contributed by atoms with Crippen LogP contribution in [-0.4, -0.2) is 10.9 Å². The molecule has 1 aliphatic heterocycles. The minimum absolute atomic E-state index is 0.0684. The normalized spacial score (nSPS) is 12.2. The Kier molecular flexibility index (Phi) is 7.18. The Bertz CT molecular complexity index is 335. The fourth-order valence-corrected chi connectivity index (χ4v) is 1.38. The van der Waals surface area contributed by atoms with Crippen molar-refractivity contribution < 1.29 is 4.79 Å². The molecule has 0 aliphatic carbocycles. The van der Waals surface area contributed by atoms with E-state index in [-0.39, 0.29) is 5.91 Å². The van der Waals surface area contributed by atoms with Gasteiger partial charge in [0.05, 0.1) is 0 Å². The number of anilines is 1. The van der Waals surface area contributed by atoms with Crippen molar-refractivity contribution in [1.82, 2.24) is 4.98 Å². The van der Waals surface area contributed by atoms with Gasteiger partial charge in [0.1, 0.15) is 5.82 Å². The molecule has 0 saturated heterocycles. The molecule has 0 bridgehead atoms. The van der Waals surface area contributed by atoms with Crippen molar-refractivity contribution in [1.29, 1.82) is 0 Å². The molecule has 3 nitrogen and oxygen atoms in total. The van der Waals surface area contributed by atoms with Gasteiger partial charge >= 0.3 is 0 Å². The molecule has 1 aliphatic rings.